The van der Waals surface area contributed by atoms with Crippen LogP contribution >= 0.6 is 11.3 Å². The van der Waals surface area contributed by atoms with E-state index in [1.54, 1.807) is 33.9 Å². The van der Waals surface area contributed by atoms with Crippen LogP contribution in [0, 0.1) is 11.7 Å². The van der Waals surface area contributed by atoms with Crippen LogP contribution < -0.4 is 5.32 Å². The molecule has 1 aliphatic rings. The van der Waals surface area contributed by atoms with Gasteiger partial charge < -0.3 is 5.32 Å². The first-order valence-electron chi connectivity index (χ1n) is 9.36. The van der Waals surface area contributed by atoms with E-state index in [4.69, 9.17) is 0 Å². The summed E-state index contributed by atoms with van der Waals surface area (Å²) >= 11 is 1.41. The summed E-state index contributed by atoms with van der Waals surface area (Å²) in [7, 11) is 0. The SMILES string of the molecule is O=C(NCC1CCCN(Cc2cc(F)ccc2-n2cccn2)C1)c1cscn1. The average molecular weight is 399 g/mol. The van der Waals surface area contributed by atoms with Crippen molar-refractivity contribution in [3.05, 3.63) is 64.6 Å². The summed E-state index contributed by atoms with van der Waals surface area (Å²) < 4.78 is 15.6. The Morgan fingerprint density at radius 3 is 3.11 bits per heavy atom. The molecule has 8 heteroatoms. The number of amides is 1. The Hall–Kier alpha value is -2.58. The lowest BCUT2D eigenvalue weighted by molar-refractivity contribution is 0.0926. The highest BCUT2D eigenvalue weighted by molar-refractivity contribution is 7.07. The van der Waals surface area contributed by atoms with Gasteiger partial charge >= 0.3 is 0 Å². The largest absolute Gasteiger partial charge is 0.350 e. The van der Waals surface area contributed by atoms with Gasteiger partial charge in [-0.2, -0.15) is 5.10 Å². The lowest BCUT2D eigenvalue weighted by Gasteiger charge is -2.33. The summed E-state index contributed by atoms with van der Waals surface area (Å²) in [6, 6.07) is 6.68. The van der Waals surface area contributed by atoms with E-state index >= 15 is 0 Å². The third-order valence-corrected chi connectivity index (χ3v) is 5.59. The lowest BCUT2D eigenvalue weighted by Crippen LogP contribution is -2.40. The van der Waals surface area contributed by atoms with Crippen LogP contribution in [0.1, 0.15) is 28.9 Å². The van der Waals surface area contributed by atoms with Gasteiger partial charge in [-0.05, 0) is 55.1 Å². The summed E-state index contributed by atoms with van der Waals surface area (Å²) in [4.78, 5) is 18.5. The van der Waals surface area contributed by atoms with Gasteiger partial charge in [-0.3, -0.25) is 9.69 Å². The Kier molecular flexibility index (Phi) is 5.78. The number of carbonyl (C=O) groups is 1. The van der Waals surface area contributed by atoms with Gasteiger partial charge in [-0.1, -0.05) is 0 Å². The fraction of sp³-hybridized carbons (Fsp3) is 0.350. The van der Waals surface area contributed by atoms with Crippen molar-refractivity contribution in [3.8, 4) is 5.69 Å². The number of nitrogens with one attached hydrogen (secondary N) is 1. The van der Waals surface area contributed by atoms with Crippen molar-refractivity contribution in [1.82, 2.24) is 25.0 Å². The molecule has 6 nitrogen and oxygen atoms in total. The fourth-order valence-corrected chi connectivity index (χ4v) is 4.20. The number of aromatic nitrogens is 3. The molecule has 0 saturated carbocycles. The van der Waals surface area contributed by atoms with Crippen molar-refractivity contribution >= 4 is 17.2 Å². The van der Waals surface area contributed by atoms with E-state index in [0.29, 0.717) is 24.7 Å². The molecule has 0 spiro atoms. The van der Waals surface area contributed by atoms with E-state index < -0.39 is 0 Å². The Morgan fingerprint density at radius 2 is 2.32 bits per heavy atom. The molecular weight excluding hydrogens is 377 g/mol. The van der Waals surface area contributed by atoms with E-state index in [9.17, 15) is 9.18 Å². The second kappa shape index (κ2) is 8.62. The van der Waals surface area contributed by atoms with E-state index in [1.807, 2.05) is 12.3 Å². The number of thiazole rings is 1. The number of piperidine rings is 1. The molecule has 0 bridgehead atoms. The van der Waals surface area contributed by atoms with Gasteiger partial charge in [0, 0.05) is 37.4 Å². The molecule has 4 rings (SSSR count). The zero-order valence-electron chi connectivity index (χ0n) is 15.4. The normalized spacial score (nSPS) is 17.5. The maximum atomic E-state index is 13.9. The number of hydrogen-bond donors (Lipinski definition) is 1. The summed E-state index contributed by atoms with van der Waals surface area (Å²) in [5.41, 5.74) is 3.94. The molecule has 1 aliphatic heterocycles. The van der Waals surface area contributed by atoms with Crippen LogP contribution in [-0.2, 0) is 6.54 Å². The Morgan fingerprint density at radius 1 is 1.39 bits per heavy atom. The Bertz CT molecular complexity index is 913. The Labute approximate surface area is 167 Å². The molecule has 2 aromatic heterocycles. The smallest absolute Gasteiger partial charge is 0.270 e. The highest BCUT2D eigenvalue weighted by atomic mass is 32.1. The fourth-order valence-electron chi connectivity index (χ4n) is 3.67. The number of benzene rings is 1. The number of rotatable bonds is 6. The van der Waals surface area contributed by atoms with Gasteiger partial charge in [0.15, 0.2) is 0 Å². The molecule has 1 saturated heterocycles. The van der Waals surface area contributed by atoms with Crippen LogP contribution in [0.3, 0.4) is 0 Å². The molecule has 1 atom stereocenters. The number of nitrogens with zero attached hydrogens (tertiary/aromatic N) is 4. The topological polar surface area (TPSA) is 63.1 Å². The maximum Gasteiger partial charge on any atom is 0.270 e. The Balaban J connectivity index is 1.39. The molecule has 0 aliphatic carbocycles. The van der Waals surface area contributed by atoms with E-state index in [-0.39, 0.29) is 11.7 Å². The minimum Gasteiger partial charge on any atom is -0.350 e. The molecule has 3 aromatic rings. The van der Waals surface area contributed by atoms with Crippen LogP contribution in [0.4, 0.5) is 4.39 Å². The molecule has 28 heavy (non-hydrogen) atoms. The van der Waals surface area contributed by atoms with E-state index in [2.05, 4.69) is 20.3 Å². The summed E-state index contributed by atoms with van der Waals surface area (Å²) in [5.74, 6) is 0.0116. The first-order valence-corrected chi connectivity index (χ1v) is 10.3. The first kappa shape index (κ1) is 18.8. The second-order valence-electron chi connectivity index (χ2n) is 7.05. The molecular formula is C20H22FN5OS. The predicted molar refractivity (Wildman–Crippen MR) is 106 cm³/mol. The zero-order valence-corrected chi connectivity index (χ0v) is 16.2. The van der Waals surface area contributed by atoms with Crippen molar-refractivity contribution in [3.63, 3.8) is 0 Å². The summed E-state index contributed by atoms with van der Waals surface area (Å²) in [5, 5.41) is 9.02. The quantitative estimate of drug-likeness (QED) is 0.692. The number of carbonyl (C=O) groups excluding carboxylic acids is 1. The van der Waals surface area contributed by atoms with Gasteiger partial charge in [-0.15, -0.1) is 11.3 Å². The molecule has 146 valence electrons. The molecule has 1 amide bonds. The number of likely N-dealkylation sites (tertiary alicyclic amines) is 1. The summed E-state index contributed by atoms with van der Waals surface area (Å²) in [6.45, 7) is 3.11. The molecule has 1 N–H and O–H groups in total. The monoisotopic (exact) mass is 399 g/mol. The summed E-state index contributed by atoms with van der Waals surface area (Å²) in [6.07, 6.45) is 5.71. The van der Waals surface area contributed by atoms with Crippen LogP contribution in [0.15, 0.2) is 47.5 Å². The molecule has 1 fully saturated rings. The standard InChI is InChI=1S/C20H22FN5OS/c21-17-4-5-19(26-8-2-6-24-26)16(9-17)12-25-7-1-3-15(11-25)10-22-20(27)18-13-28-14-23-18/h2,4-6,8-9,13-15H,1,3,7,10-12H2,(H,22,27). The van der Waals surface area contributed by atoms with Crippen LogP contribution in [-0.4, -0.2) is 45.2 Å². The van der Waals surface area contributed by atoms with E-state index in [0.717, 1.165) is 37.2 Å². The van der Waals surface area contributed by atoms with Crippen molar-refractivity contribution in [2.24, 2.45) is 5.92 Å². The number of hydrogen-bond acceptors (Lipinski definition) is 5. The average Bonchev–Trinajstić information content (AvgIpc) is 3.41. The van der Waals surface area contributed by atoms with Gasteiger partial charge in [0.1, 0.15) is 11.5 Å². The van der Waals surface area contributed by atoms with Crippen molar-refractivity contribution in [2.45, 2.75) is 19.4 Å². The van der Waals surface area contributed by atoms with Gasteiger partial charge in [0.05, 0.1) is 11.2 Å². The van der Waals surface area contributed by atoms with Crippen LogP contribution in [0.25, 0.3) is 5.69 Å². The highest BCUT2D eigenvalue weighted by Crippen LogP contribution is 2.22. The molecule has 0 radical (unpaired) electrons. The maximum absolute atomic E-state index is 13.9. The third kappa shape index (κ3) is 4.45. The number of halogens is 1. The van der Waals surface area contributed by atoms with Crippen molar-refractivity contribution < 1.29 is 9.18 Å². The third-order valence-electron chi connectivity index (χ3n) is 5.01. The minimum absolute atomic E-state index is 0.121. The van der Waals surface area contributed by atoms with Crippen molar-refractivity contribution in [1.29, 1.82) is 0 Å². The van der Waals surface area contributed by atoms with E-state index in [1.165, 1.54) is 17.4 Å². The molecule has 1 unspecified atom stereocenters. The second-order valence-corrected chi connectivity index (χ2v) is 7.77. The van der Waals surface area contributed by atoms with Gasteiger partial charge in [-0.25, -0.2) is 14.1 Å². The highest BCUT2D eigenvalue weighted by Gasteiger charge is 2.22. The van der Waals surface area contributed by atoms with Gasteiger partial charge in [0.25, 0.3) is 5.91 Å². The lowest BCUT2D eigenvalue weighted by atomic mass is 9.97. The van der Waals surface area contributed by atoms with Crippen LogP contribution in [0.2, 0.25) is 0 Å². The molecule has 1 aromatic carbocycles. The minimum atomic E-state index is -0.241. The predicted octanol–water partition coefficient (Wildman–Crippen LogP) is 3.11. The van der Waals surface area contributed by atoms with Crippen LogP contribution in [0.5, 0.6) is 0 Å². The zero-order chi connectivity index (χ0) is 19.3. The van der Waals surface area contributed by atoms with Crippen molar-refractivity contribution in [2.75, 3.05) is 19.6 Å². The molecule has 3 heterocycles. The first-order chi connectivity index (χ1) is 13.7. The van der Waals surface area contributed by atoms with Gasteiger partial charge in [0.2, 0.25) is 0 Å².